The number of hydrogen-bond acceptors (Lipinski definition) is 5. The molecule has 0 N–H and O–H groups in total. The summed E-state index contributed by atoms with van der Waals surface area (Å²) in [5, 5.41) is 1.26. The second kappa shape index (κ2) is 10.5. The van der Waals surface area contributed by atoms with Gasteiger partial charge in [-0.05, 0) is 41.5 Å². The van der Waals surface area contributed by atoms with Crippen molar-refractivity contribution in [3.05, 3.63) is 75.3 Å². The second-order valence-corrected chi connectivity index (χ2v) is 10.1. The fraction of sp³-hybridized carbons (Fsp3) is 0.296. The third kappa shape index (κ3) is 4.81. The summed E-state index contributed by atoms with van der Waals surface area (Å²) in [6.45, 7) is 4.30. The van der Waals surface area contributed by atoms with E-state index in [0.717, 1.165) is 45.1 Å². The molecule has 2 saturated heterocycles. The zero-order valence-corrected chi connectivity index (χ0v) is 21.5. The molecule has 0 spiro atoms. The third-order valence-corrected chi connectivity index (χ3v) is 7.79. The van der Waals surface area contributed by atoms with Crippen LogP contribution in [0.4, 0.5) is 4.79 Å². The van der Waals surface area contributed by atoms with Crippen LogP contribution < -0.4 is 0 Å². The molecule has 1 aromatic heterocycles. The number of halogens is 1. The minimum Gasteiger partial charge on any atom is -0.378 e. The Hall–Kier alpha value is -3.07. The van der Waals surface area contributed by atoms with Gasteiger partial charge in [-0.15, -0.1) is 0 Å². The lowest BCUT2D eigenvalue weighted by Gasteiger charge is -2.28. The number of rotatable bonds is 6. The molecule has 0 radical (unpaired) electrons. The van der Waals surface area contributed by atoms with Gasteiger partial charge in [0.25, 0.3) is 11.1 Å². The molecular formula is C27H26ClN3O4S. The van der Waals surface area contributed by atoms with Gasteiger partial charge in [0, 0.05) is 41.8 Å². The monoisotopic (exact) mass is 523 g/mol. The molecule has 3 amide bonds. The van der Waals surface area contributed by atoms with E-state index >= 15 is 0 Å². The first-order chi connectivity index (χ1) is 17.5. The Bertz CT molecular complexity index is 1380. The molecule has 2 fully saturated rings. The van der Waals surface area contributed by atoms with E-state index in [-0.39, 0.29) is 12.5 Å². The first-order valence-electron chi connectivity index (χ1n) is 11.9. The molecule has 0 atom stereocenters. The summed E-state index contributed by atoms with van der Waals surface area (Å²) in [7, 11) is 0. The Morgan fingerprint density at radius 3 is 2.58 bits per heavy atom. The molecule has 186 valence electrons. The average Bonchev–Trinajstić information content (AvgIpc) is 3.37. The minimum atomic E-state index is -0.440. The standard InChI is InChI=1S/C27H26ClN3O4S/c1-2-18-7-5-8-21-20(16-30(25(18)21)15-19-6-3-4-9-22(19)28)14-23-26(33)31(27(34)36-23)17-24(32)29-10-12-35-13-11-29/h3-9,14,16H,2,10-13,15,17H2,1H3/b23-14-. The number of imide groups is 1. The van der Waals surface area contributed by atoms with Crippen molar-refractivity contribution in [3.8, 4) is 0 Å². The number of carbonyl (C=O) groups is 3. The Morgan fingerprint density at radius 1 is 1.08 bits per heavy atom. The number of aromatic nitrogens is 1. The van der Waals surface area contributed by atoms with Crippen molar-refractivity contribution < 1.29 is 19.1 Å². The number of nitrogens with zero attached hydrogens (tertiary/aromatic N) is 3. The number of aryl methyl sites for hydroxylation is 1. The number of carbonyl (C=O) groups excluding carboxylic acids is 3. The molecule has 5 rings (SSSR count). The molecule has 36 heavy (non-hydrogen) atoms. The minimum absolute atomic E-state index is 0.245. The third-order valence-electron chi connectivity index (χ3n) is 6.51. The zero-order chi connectivity index (χ0) is 25.2. The van der Waals surface area contributed by atoms with E-state index in [9.17, 15) is 14.4 Å². The summed E-state index contributed by atoms with van der Waals surface area (Å²) >= 11 is 7.31. The maximum Gasteiger partial charge on any atom is 0.294 e. The smallest absolute Gasteiger partial charge is 0.294 e. The maximum atomic E-state index is 13.1. The van der Waals surface area contributed by atoms with Crippen LogP contribution in [0.5, 0.6) is 0 Å². The lowest BCUT2D eigenvalue weighted by molar-refractivity contribution is -0.139. The highest BCUT2D eigenvalue weighted by atomic mass is 35.5. The van der Waals surface area contributed by atoms with Crippen molar-refractivity contribution in [2.45, 2.75) is 19.9 Å². The van der Waals surface area contributed by atoms with Gasteiger partial charge in [-0.3, -0.25) is 19.3 Å². The summed E-state index contributed by atoms with van der Waals surface area (Å²) in [4.78, 5) is 41.4. The summed E-state index contributed by atoms with van der Waals surface area (Å²) in [5.74, 6) is -0.684. The van der Waals surface area contributed by atoms with E-state index in [2.05, 4.69) is 17.6 Å². The predicted octanol–water partition coefficient (Wildman–Crippen LogP) is 4.80. The molecule has 2 aliphatic rings. The van der Waals surface area contributed by atoms with Gasteiger partial charge in [-0.2, -0.15) is 0 Å². The van der Waals surface area contributed by atoms with Crippen LogP contribution in [0.1, 0.15) is 23.6 Å². The van der Waals surface area contributed by atoms with Gasteiger partial charge in [0.15, 0.2) is 0 Å². The Morgan fingerprint density at radius 2 is 1.83 bits per heavy atom. The number of fused-ring (bicyclic) bond motifs is 1. The van der Waals surface area contributed by atoms with Crippen LogP contribution >= 0.6 is 23.4 Å². The molecule has 0 aliphatic carbocycles. The molecular weight excluding hydrogens is 498 g/mol. The van der Waals surface area contributed by atoms with Gasteiger partial charge in [0.2, 0.25) is 5.91 Å². The molecule has 3 heterocycles. The van der Waals surface area contributed by atoms with Gasteiger partial charge in [-0.25, -0.2) is 0 Å². The van der Waals surface area contributed by atoms with Crippen LogP contribution in [-0.4, -0.2) is 64.3 Å². The van der Waals surface area contributed by atoms with Crippen molar-refractivity contribution in [2.24, 2.45) is 0 Å². The van der Waals surface area contributed by atoms with Gasteiger partial charge in [0.05, 0.1) is 23.6 Å². The largest absolute Gasteiger partial charge is 0.378 e. The van der Waals surface area contributed by atoms with Gasteiger partial charge in [0.1, 0.15) is 6.54 Å². The highest BCUT2D eigenvalue weighted by molar-refractivity contribution is 8.18. The van der Waals surface area contributed by atoms with Crippen LogP contribution in [0, 0.1) is 0 Å². The number of hydrogen-bond donors (Lipinski definition) is 0. The first-order valence-corrected chi connectivity index (χ1v) is 13.1. The molecule has 0 saturated carbocycles. The Balaban J connectivity index is 1.46. The van der Waals surface area contributed by atoms with Crippen molar-refractivity contribution in [1.29, 1.82) is 0 Å². The van der Waals surface area contributed by atoms with E-state index in [0.29, 0.717) is 42.8 Å². The summed E-state index contributed by atoms with van der Waals surface area (Å²) in [6, 6.07) is 13.9. The van der Waals surface area contributed by atoms with Crippen LogP contribution in [0.25, 0.3) is 17.0 Å². The molecule has 2 aliphatic heterocycles. The fourth-order valence-corrected chi connectivity index (χ4v) is 5.65. The highest BCUT2D eigenvalue weighted by Crippen LogP contribution is 2.35. The van der Waals surface area contributed by atoms with Crippen LogP contribution in [-0.2, 0) is 27.3 Å². The van der Waals surface area contributed by atoms with Crippen LogP contribution in [0.15, 0.2) is 53.6 Å². The number of benzene rings is 2. The lowest BCUT2D eigenvalue weighted by atomic mass is 10.1. The van der Waals surface area contributed by atoms with Crippen molar-refractivity contribution in [3.63, 3.8) is 0 Å². The number of amides is 3. The van der Waals surface area contributed by atoms with Crippen molar-refractivity contribution >= 4 is 57.4 Å². The topological polar surface area (TPSA) is 71.9 Å². The molecule has 7 nitrogen and oxygen atoms in total. The maximum absolute atomic E-state index is 13.1. The lowest BCUT2D eigenvalue weighted by Crippen LogP contribution is -2.46. The fourth-order valence-electron chi connectivity index (χ4n) is 4.63. The summed E-state index contributed by atoms with van der Waals surface area (Å²) in [6.07, 6.45) is 4.61. The highest BCUT2D eigenvalue weighted by Gasteiger charge is 2.37. The molecule has 3 aromatic rings. The first kappa shape index (κ1) is 24.6. The van der Waals surface area contributed by atoms with Crippen molar-refractivity contribution in [2.75, 3.05) is 32.8 Å². The molecule has 0 bridgehead atoms. The average molecular weight is 524 g/mol. The normalized spacial score (nSPS) is 17.6. The number of ether oxygens (including phenoxy) is 1. The SMILES string of the molecule is CCc1cccc2c(/C=C3\SC(=O)N(CC(=O)N4CCOCC4)C3=O)cn(Cc3ccccc3Cl)c12. The quantitative estimate of drug-likeness (QED) is 0.434. The van der Waals surface area contributed by atoms with E-state index in [1.54, 1.807) is 11.0 Å². The van der Waals surface area contributed by atoms with Gasteiger partial charge >= 0.3 is 0 Å². The van der Waals surface area contributed by atoms with Gasteiger partial charge in [-0.1, -0.05) is 54.9 Å². The summed E-state index contributed by atoms with van der Waals surface area (Å²) in [5.41, 5.74) is 4.10. The van der Waals surface area contributed by atoms with E-state index in [1.807, 2.05) is 42.6 Å². The molecule has 2 aromatic carbocycles. The number of morpholine rings is 1. The van der Waals surface area contributed by atoms with E-state index in [1.165, 1.54) is 5.56 Å². The van der Waals surface area contributed by atoms with E-state index in [4.69, 9.17) is 16.3 Å². The molecule has 9 heteroatoms. The van der Waals surface area contributed by atoms with E-state index < -0.39 is 11.1 Å². The van der Waals surface area contributed by atoms with Crippen molar-refractivity contribution in [1.82, 2.24) is 14.4 Å². The van der Waals surface area contributed by atoms with Crippen LogP contribution in [0.2, 0.25) is 5.02 Å². The zero-order valence-electron chi connectivity index (χ0n) is 19.9. The van der Waals surface area contributed by atoms with Gasteiger partial charge < -0.3 is 14.2 Å². The Labute approximate surface area is 218 Å². The summed E-state index contributed by atoms with van der Waals surface area (Å²) < 4.78 is 7.43. The Kier molecular flexibility index (Phi) is 7.18. The number of thioether (sulfide) groups is 1. The second-order valence-electron chi connectivity index (χ2n) is 8.73. The number of para-hydroxylation sites is 1. The predicted molar refractivity (Wildman–Crippen MR) is 142 cm³/mol. The molecule has 0 unspecified atom stereocenters. The van der Waals surface area contributed by atoms with Crippen LogP contribution in [0.3, 0.4) is 0 Å².